The highest BCUT2D eigenvalue weighted by Crippen LogP contribution is 2.54. The molecular weight excluding hydrogens is 919 g/mol. The predicted octanol–water partition coefficient (Wildman–Crippen LogP) is 8.39. The number of benzene rings is 2. The second kappa shape index (κ2) is 19.6. The number of hydrogen-bond donors (Lipinski definition) is 3. The number of hydrogen-bond acceptors (Lipinski definition) is 14. The van der Waals surface area contributed by atoms with Crippen molar-refractivity contribution >= 4 is 53.9 Å². The van der Waals surface area contributed by atoms with E-state index in [0.717, 1.165) is 87.9 Å². The van der Waals surface area contributed by atoms with Crippen LogP contribution < -0.4 is 19.7 Å². The maximum atomic E-state index is 14.0. The van der Waals surface area contributed by atoms with Crippen molar-refractivity contribution in [3.8, 4) is 11.5 Å². The van der Waals surface area contributed by atoms with Gasteiger partial charge in [-0.05, 0) is 124 Å². The molecule has 1 atom stereocenters. The summed E-state index contributed by atoms with van der Waals surface area (Å²) in [6.07, 6.45) is 15.4. The third kappa shape index (κ3) is 10.2. The largest absolute Gasteiger partial charge is 0.455 e. The van der Waals surface area contributed by atoms with Gasteiger partial charge in [0.1, 0.15) is 22.0 Å². The van der Waals surface area contributed by atoms with Gasteiger partial charge < -0.3 is 24.7 Å². The van der Waals surface area contributed by atoms with Crippen LogP contribution in [-0.2, 0) is 30.9 Å². The number of anilines is 2. The van der Waals surface area contributed by atoms with Crippen LogP contribution in [0, 0.1) is 21.4 Å². The number of ether oxygens (including phenoxy) is 2. The first-order valence-corrected chi connectivity index (χ1v) is 27.8. The monoisotopic (exact) mass is 979 g/mol. The normalized spacial score (nSPS) is 22.8. The van der Waals surface area contributed by atoms with Crippen molar-refractivity contribution < 1.29 is 31.8 Å². The molecule has 3 aromatic heterocycles. The van der Waals surface area contributed by atoms with Crippen LogP contribution in [0.1, 0.15) is 98.7 Å². The summed E-state index contributed by atoms with van der Waals surface area (Å²) in [5.41, 5.74) is 4.18. The molecule has 2 aliphatic carbocycles. The summed E-state index contributed by atoms with van der Waals surface area (Å²) in [7, 11) is -6.89. The van der Waals surface area contributed by atoms with Crippen LogP contribution >= 0.6 is 0 Å². The van der Waals surface area contributed by atoms with Gasteiger partial charge in [0.25, 0.3) is 15.9 Å². The molecule has 2 aromatic carbocycles. The van der Waals surface area contributed by atoms with Crippen LogP contribution in [-0.4, -0.2) is 106 Å². The number of amides is 1. The molecule has 0 unspecified atom stereocenters. The molecule has 3 N–H and O–H groups in total. The second-order valence-corrected chi connectivity index (χ2v) is 23.8. The van der Waals surface area contributed by atoms with Crippen LogP contribution in [0.3, 0.4) is 0 Å². The van der Waals surface area contributed by atoms with Gasteiger partial charge in [0.15, 0.2) is 0 Å². The summed E-state index contributed by atoms with van der Waals surface area (Å²) in [5.74, 6) is 0.535. The molecule has 5 aromatic rings. The first-order valence-electron chi connectivity index (χ1n) is 24.4. The second-order valence-electron chi connectivity index (χ2n) is 19.6. The number of carbonyl (C=O) groups excluding carboxylic acids is 1. The van der Waals surface area contributed by atoms with Crippen LogP contribution in [0.5, 0.6) is 11.5 Å². The number of aromatic amines is 1. The Hall–Kier alpha value is -5.63. The molecule has 5 aliphatic rings. The first-order chi connectivity index (χ1) is 33.4. The van der Waals surface area contributed by atoms with Gasteiger partial charge in [0.05, 0.1) is 63.4 Å². The quantitative estimate of drug-likeness (QED) is 0.0705. The van der Waals surface area contributed by atoms with Gasteiger partial charge >= 0.3 is 5.69 Å². The number of carbonyl (C=O) groups is 1. The molecule has 3 saturated heterocycles. The maximum absolute atomic E-state index is 14.0. The summed E-state index contributed by atoms with van der Waals surface area (Å²) < 4.78 is 59.2. The van der Waals surface area contributed by atoms with Gasteiger partial charge in [0.2, 0.25) is 5.82 Å². The molecule has 69 heavy (non-hydrogen) atoms. The van der Waals surface area contributed by atoms with Gasteiger partial charge in [-0.1, -0.05) is 31.2 Å². The number of aryl methyl sites for hydroxylation is 1. The van der Waals surface area contributed by atoms with Crippen molar-refractivity contribution in [3.05, 3.63) is 106 Å². The molecule has 1 amide bonds. The number of fused-ring (bicyclic) bond motifs is 1. The van der Waals surface area contributed by atoms with E-state index >= 15 is 0 Å². The average molecular weight is 980 g/mol. The number of rotatable bonds is 14. The zero-order valence-corrected chi connectivity index (χ0v) is 40.6. The van der Waals surface area contributed by atoms with Crippen LogP contribution in [0.15, 0.2) is 88.5 Å². The number of sulfonamides is 1. The molecule has 0 radical (unpaired) electrons. The summed E-state index contributed by atoms with van der Waals surface area (Å²) >= 11 is 0. The van der Waals surface area contributed by atoms with Crippen molar-refractivity contribution in [1.29, 1.82) is 0 Å². The van der Waals surface area contributed by atoms with Gasteiger partial charge in [0, 0.05) is 61.1 Å². The molecule has 2 saturated carbocycles. The summed E-state index contributed by atoms with van der Waals surface area (Å²) in [6, 6.07) is 19.7. The SMILES string of the molecule is CCc1ccccc1[C@@H]1CCCN1C1CC2(CCN(c3ccc(C(=O)NS(=O)(=O)c4cnc(NCC5CCC(N=S6(=O)CCOCC6)CC5)c([N+](=O)[O-])c4)c(Oc4cnc5[nH]ccc5c4)c3)CC2)C1. The Morgan fingerprint density at radius 1 is 1.00 bits per heavy atom. The lowest BCUT2D eigenvalue weighted by Gasteiger charge is -2.56. The topological polar surface area (TPSA) is 214 Å². The molecule has 6 heterocycles. The van der Waals surface area contributed by atoms with Crippen LogP contribution in [0.4, 0.5) is 17.2 Å². The van der Waals surface area contributed by atoms with E-state index < -0.39 is 41.2 Å². The Morgan fingerprint density at radius 2 is 1.78 bits per heavy atom. The van der Waals surface area contributed by atoms with E-state index in [2.05, 4.69) is 66.0 Å². The fraction of sp³-hybridized carbons (Fsp3) is 0.500. The minimum absolute atomic E-state index is 0.0113. The predicted molar refractivity (Wildman–Crippen MR) is 265 cm³/mol. The van der Waals surface area contributed by atoms with Crippen molar-refractivity contribution in [2.45, 2.75) is 101 Å². The number of piperidine rings is 1. The van der Waals surface area contributed by atoms with Gasteiger partial charge in [-0.3, -0.25) is 19.8 Å². The average Bonchev–Trinajstić information content (AvgIpc) is 4.03. The molecule has 366 valence electrons. The number of H-pyrrole nitrogens is 1. The lowest BCUT2D eigenvalue weighted by atomic mass is 9.59. The molecule has 0 bridgehead atoms. The van der Waals surface area contributed by atoms with Crippen molar-refractivity contribution in [2.75, 3.05) is 61.1 Å². The fourth-order valence-electron chi connectivity index (χ4n) is 11.4. The van der Waals surface area contributed by atoms with E-state index in [0.29, 0.717) is 60.2 Å². The molecule has 17 nitrogen and oxygen atoms in total. The van der Waals surface area contributed by atoms with Crippen LogP contribution in [0.25, 0.3) is 11.0 Å². The Bertz CT molecular complexity index is 2940. The lowest BCUT2D eigenvalue weighted by molar-refractivity contribution is -0.384. The number of likely N-dealkylation sites (tertiary alicyclic amines) is 1. The van der Waals surface area contributed by atoms with Crippen molar-refractivity contribution in [1.82, 2.24) is 24.6 Å². The van der Waals surface area contributed by atoms with E-state index in [9.17, 15) is 27.5 Å². The van der Waals surface area contributed by atoms with Gasteiger partial charge in [-0.15, -0.1) is 0 Å². The lowest BCUT2D eigenvalue weighted by Crippen LogP contribution is -2.54. The summed E-state index contributed by atoms with van der Waals surface area (Å²) in [4.78, 5) is 41.8. The highest BCUT2D eigenvalue weighted by Gasteiger charge is 2.50. The Balaban J connectivity index is 0.807. The fourth-order valence-corrected chi connectivity index (χ4v) is 14.2. The van der Waals surface area contributed by atoms with Gasteiger partial charge in [-0.2, -0.15) is 0 Å². The highest BCUT2D eigenvalue weighted by molar-refractivity contribution is 7.93. The number of pyridine rings is 2. The van der Waals surface area contributed by atoms with E-state index in [4.69, 9.17) is 13.8 Å². The molecule has 10 rings (SSSR count). The number of nitro groups is 1. The molecule has 3 aliphatic heterocycles. The van der Waals surface area contributed by atoms with Crippen molar-refractivity contribution in [3.63, 3.8) is 0 Å². The van der Waals surface area contributed by atoms with Gasteiger partial charge in [-0.25, -0.2) is 31.7 Å². The molecular formula is C50H61N9O8S2. The standard InChI is InChI=1S/C50H61N9O8S2/c1-2-35-6-3-4-7-42(35)44-8-5-19-58(44)39-29-50(30-39)16-20-57(21-17-50)38-13-14-43(46(27-38)67-40-26-36-15-18-51-47(36)53-32-40)49(60)56-69(64,65)41-28-45(59(61)62)48(54-33-41)52-31-34-9-11-37(12-10-34)55-68(63)24-22-66-23-25-68/h3-4,6-7,13-15,18,26-28,32-34,37,39,44H,2,5,8-12,16-17,19-25,29-31H2,1H3,(H,51,53)(H,52,54)(H,56,60)/t34?,37?,44-/m0/s1. The Morgan fingerprint density at radius 3 is 2.55 bits per heavy atom. The maximum Gasteiger partial charge on any atom is 0.312 e. The number of aromatic nitrogens is 3. The highest BCUT2D eigenvalue weighted by atomic mass is 32.2. The summed E-state index contributed by atoms with van der Waals surface area (Å²) in [6.45, 7) is 6.36. The third-order valence-corrected chi connectivity index (χ3v) is 18.9. The Kier molecular flexibility index (Phi) is 13.4. The number of nitrogens with zero attached hydrogens (tertiary/aromatic N) is 6. The Labute approximate surface area is 403 Å². The van der Waals surface area contributed by atoms with Crippen LogP contribution in [0.2, 0.25) is 0 Å². The molecule has 5 fully saturated rings. The van der Waals surface area contributed by atoms with Crippen molar-refractivity contribution in [2.24, 2.45) is 15.7 Å². The molecule has 19 heteroatoms. The van der Waals surface area contributed by atoms with E-state index in [-0.39, 0.29) is 29.1 Å². The number of nitrogens with one attached hydrogen (secondary N) is 3. The van der Waals surface area contributed by atoms with E-state index in [1.807, 2.05) is 12.1 Å². The zero-order chi connectivity index (χ0) is 47.8. The molecule has 1 spiro atoms. The van der Waals surface area contributed by atoms with E-state index in [1.54, 1.807) is 24.4 Å². The summed E-state index contributed by atoms with van der Waals surface area (Å²) in [5, 5.41) is 16.1. The van der Waals surface area contributed by atoms with E-state index in [1.165, 1.54) is 43.0 Å². The smallest absolute Gasteiger partial charge is 0.312 e. The minimum Gasteiger partial charge on any atom is -0.455 e. The third-order valence-electron chi connectivity index (χ3n) is 15.3. The zero-order valence-electron chi connectivity index (χ0n) is 39.0. The first kappa shape index (κ1) is 47.1. The minimum atomic E-state index is -4.65.